The van der Waals surface area contributed by atoms with Crippen molar-refractivity contribution in [3.63, 3.8) is 0 Å². The normalized spacial score (nSPS) is 20.9. The molecule has 2 amide bonds. The number of carboxylic acid groups (broad SMARTS) is 1. The van der Waals surface area contributed by atoms with Gasteiger partial charge in [0.05, 0.1) is 5.92 Å². The SMILES string of the molecule is CC(C)(C)OC(=O)N1CCC(N(C[C@H]2C[C@H]2C(=O)O)C(=O)OCC2c3ccccc3-c3ccccc32)CC1. The standard InChI is InChI=1S/C30H36N2O6/c1-30(2,3)38-28(35)31-14-12-20(13-15-31)32(17-19-16-25(19)27(33)34)29(36)37-18-26-23-10-6-4-8-21(23)22-9-5-7-11-24(22)26/h4-11,19-20,25-26H,12-18H2,1-3H3,(H,33,34)/t19-,25-/m1/s1. The maximum atomic E-state index is 13.5. The van der Waals surface area contributed by atoms with Crippen LogP contribution in [0.2, 0.25) is 0 Å². The molecule has 3 aliphatic rings. The molecule has 2 atom stereocenters. The van der Waals surface area contributed by atoms with Crippen LogP contribution in [0, 0.1) is 11.8 Å². The number of benzene rings is 2. The summed E-state index contributed by atoms with van der Waals surface area (Å²) in [5.74, 6) is -1.35. The van der Waals surface area contributed by atoms with Crippen molar-refractivity contribution in [3.8, 4) is 11.1 Å². The molecule has 0 spiro atoms. The van der Waals surface area contributed by atoms with Crippen molar-refractivity contribution in [1.82, 2.24) is 9.80 Å². The highest BCUT2D eigenvalue weighted by Gasteiger charge is 2.46. The lowest BCUT2D eigenvalue weighted by atomic mass is 9.98. The lowest BCUT2D eigenvalue weighted by Gasteiger charge is -2.38. The van der Waals surface area contributed by atoms with Crippen LogP contribution in [0.15, 0.2) is 48.5 Å². The van der Waals surface area contributed by atoms with Crippen LogP contribution >= 0.6 is 0 Å². The van der Waals surface area contributed by atoms with Gasteiger partial charge in [-0.15, -0.1) is 0 Å². The third-order valence-corrected chi connectivity index (χ3v) is 7.80. The number of carbonyl (C=O) groups is 3. The maximum Gasteiger partial charge on any atom is 0.410 e. The maximum absolute atomic E-state index is 13.5. The molecule has 0 bridgehead atoms. The van der Waals surface area contributed by atoms with Crippen molar-refractivity contribution in [2.24, 2.45) is 11.8 Å². The topological polar surface area (TPSA) is 96.4 Å². The van der Waals surface area contributed by atoms with Crippen LogP contribution in [0.25, 0.3) is 11.1 Å². The second-order valence-corrected chi connectivity index (χ2v) is 11.6. The molecule has 1 N–H and O–H groups in total. The smallest absolute Gasteiger partial charge is 0.410 e. The number of hydrogen-bond acceptors (Lipinski definition) is 5. The first-order valence-electron chi connectivity index (χ1n) is 13.4. The third-order valence-electron chi connectivity index (χ3n) is 7.80. The Morgan fingerprint density at radius 1 is 0.974 bits per heavy atom. The fraction of sp³-hybridized carbons (Fsp3) is 0.500. The number of rotatable bonds is 6. The van der Waals surface area contributed by atoms with E-state index in [-0.39, 0.29) is 30.6 Å². The molecule has 1 saturated carbocycles. The van der Waals surface area contributed by atoms with Crippen LogP contribution in [-0.4, -0.2) is 70.9 Å². The van der Waals surface area contributed by atoms with E-state index in [2.05, 4.69) is 24.3 Å². The first-order valence-corrected chi connectivity index (χ1v) is 13.4. The summed E-state index contributed by atoms with van der Waals surface area (Å²) < 4.78 is 11.5. The van der Waals surface area contributed by atoms with E-state index in [0.29, 0.717) is 38.9 Å². The highest BCUT2D eigenvalue weighted by atomic mass is 16.6. The lowest BCUT2D eigenvalue weighted by Crippen LogP contribution is -2.50. The number of carboxylic acids is 1. The molecule has 0 radical (unpaired) electrons. The highest BCUT2D eigenvalue weighted by Crippen LogP contribution is 2.45. The number of piperidine rings is 1. The molecule has 1 aliphatic heterocycles. The minimum atomic E-state index is -0.817. The van der Waals surface area contributed by atoms with Crippen molar-refractivity contribution < 1.29 is 29.0 Å². The van der Waals surface area contributed by atoms with Crippen LogP contribution in [0.1, 0.15) is 57.1 Å². The Bertz CT molecular complexity index is 1170. The molecule has 1 heterocycles. The molecule has 202 valence electrons. The first-order chi connectivity index (χ1) is 18.1. The van der Waals surface area contributed by atoms with Gasteiger partial charge in [0.25, 0.3) is 0 Å². The third kappa shape index (κ3) is 5.49. The minimum Gasteiger partial charge on any atom is -0.481 e. The van der Waals surface area contributed by atoms with Crippen LogP contribution < -0.4 is 0 Å². The van der Waals surface area contributed by atoms with E-state index in [0.717, 1.165) is 22.3 Å². The monoisotopic (exact) mass is 520 g/mol. The number of aliphatic carboxylic acids is 1. The van der Waals surface area contributed by atoms with Crippen molar-refractivity contribution in [2.75, 3.05) is 26.2 Å². The summed E-state index contributed by atoms with van der Waals surface area (Å²) in [6.45, 7) is 7.03. The summed E-state index contributed by atoms with van der Waals surface area (Å²) in [4.78, 5) is 40.9. The zero-order chi connectivity index (χ0) is 27.0. The number of ether oxygens (including phenoxy) is 2. The summed E-state index contributed by atoms with van der Waals surface area (Å²) >= 11 is 0. The van der Waals surface area contributed by atoms with Crippen LogP contribution in [0.3, 0.4) is 0 Å². The van der Waals surface area contributed by atoms with E-state index >= 15 is 0 Å². The molecule has 0 aromatic heterocycles. The summed E-state index contributed by atoms with van der Waals surface area (Å²) in [5, 5.41) is 9.41. The Kier molecular flexibility index (Phi) is 7.07. The Balaban J connectivity index is 1.27. The van der Waals surface area contributed by atoms with E-state index < -0.39 is 23.6 Å². The average Bonchev–Trinajstić information content (AvgIpc) is 3.60. The number of amides is 2. The zero-order valence-corrected chi connectivity index (χ0v) is 22.3. The Hall–Kier alpha value is -3.55. The van der Waals surface area contributed by atoms with Gasteiger partial charge in [0, 0.05) is 31.6 Å². The van der Waals surface area contributed by atoms with E-state index in [1.807, 2.05) is 45.0 Å². The van der Waals surface area contributed by atoms with Gasteiger partial charge in [-0.25, -0.2) is 9.59 Å². The van der Waals surface area contributed by atoms with E-state index in [1.165, 1.54) is 0 Å². The Labute approximate surface area is 223 Å². The van der Waals surface area contributed by atoms with Crippen LogP contribution in [-0.2, 0) is 14.3 Å². The van der Waals surface area contributed by atoms with Crippen molar-refractivity contribution in [1.29, 1.82) is 0 Å². The van der Waals surface area contributed by atoms with E-state index in [9.17, 15) is 19.5 Å². The molecule has 8 heteroatoms. The van der Waals surface area contributed by atoms with Crippen molar-refractivity contribution in [3.05, 3.63) is 59.7 Å². The van der Waals surface area contributed by atoms with Crippen LogP contribution in [0.5, 0.6) is 0 Å². The fourth-order valence-corrected chi connectivity index (χ4v) is 5.74. The second kappa shape index (κ2) is 10.3. The van der Waals surface area contributed by atoms with Gasteiger partial charge in [0.1, 0.15) is 12.2 Å². The molecular formula is C30H36N2O6. The molecule has 0 unspecified atom stereocenters. The predicted molar refractivity (Wildman–Crippen MR) is 142 cm³/mol. The zero-order valence-electron chi connectivity index (χ0n) is 22.3. The van der Waals surface area contributed by atoms with E-state index in [1.54, 1.807) is 9.80 Å². The molecule has 5 rings (SSSR count). The fourth-order valence-electron chi connectivity index (χ4n) is 5.74. The minimum absolute atomic E-state index is 0.0464. The van der Waals surface area contributed by atoms with Gasteiger partial charge in [-0.2, -0.15) is 0 Å². The summed E-state index contributed by atoms with van der Waals surface area (Å²) in [6, 6.07) is 16.3. The summed E-state index contributed by atoms with van der Waals surface area (Å²) in [6.07, 6.45) is 0.983. The van der Waals surface area contributed by atoms with Gasteiger partial charge in [0.2, 0.25) is 0 Å². The number of likely N-dealkylation sites (tertiary alicyclic amines) is 1. The second-order valence-electron chi connectivity index (χ2n) is 11.6. The Morgan fingerprint density at radius 3 is 2.08 bits per heavy atom. The van der Waals surface area contributed by atoms with E-state index in [4.69, 9.17) is 9.47 Å². The number of fused-ring (bicyclic) bond motifs is 3. The van der Waals surface area contributed by atoms with Crippen LogP contribution in [0.4, 0.5) is 9.59 Å². The molecule has 1 saturated heterocycles. The first kappa shape index (κ1) is 26.1. The number of nitrogens with zero attached hydrogens (tertiary/aromatic N) is 2. The highest BCUT2D eigenvalue weighted by molar-refractivity contribution is 5.79. The average molecular weight is 521 g/mol. The molecular weight excluding hydrogens is 484 g/mol. The summed E-state index contributed by atoms with van der Waals surface area (Å²) in [7, 11) is 0. The molecule has 2 aromatic rings. The lowest BCUT2D eigenvalue weighted by molar-refractivity contribution is -0.138. The molecule has 38 heavy (non-hydrogen) atoms. The molecule has 2 fully saturated rings. The Morgan fingerprint density at radius 2 is 1.55 bits per heavy atom. The largest absolute Gasteiger partial charge is 0.481 e. The van der Waals surface area contributed by atoms with Crippen molar-refractivity contribution in [2.45, 2.75) is 57.6 Å². The van der Waals surface area contributed by atoms with Crippen molar-refractivity contribution >= 4 is 18.2 Å². The molecule has 2 aliphatic carbocycles. The van der Waals surface area contributed by atoms with Gasteiger partial charge >= 0.3 is 18.2 Å². The quantitative estimate of drug-likeness (QED) is 0.551. The predicted octanol–water partition coefficient (Wildman–Crippen LogP) is 5.36. The van der Waals surface area contributed by atoms with Gasteiger partial charge in [0.15, 0.2) is 0 Å². The van der Waals surface area contributed by atoms with Gasteiger partial charge in [-0.05, 0) is 68.2 Å². The van der Waals surface area contributed by atoms with Gasteiger partial charge in [-0.3, -0.25) is 4.79 Å². The molecule has 2 aromatic carbocycles. The van der Waals surface area contributed by atoms with Gasteiger partial charge in [-0.1, -0.05) is 48.5 Å². The molecule has 8 nitrogen and oxygen atoms in total. The van der Waals surface area contributed by atoms with Gasteiger partial charge < -0.3 is 24.4 Å². The number of hydrogen-bond donors (Lipinski definition) is 1. The summed E-state index contributed by atoms with van der Waals surface area (Å²) in [5.41, 5.74) is 4.05. The number of carbonyl (C=O) groups excluding carboxylic acids is 2.